The smallest absolute Gasteiger partial charge is 0.288 e. The fourth-order valence-electron chi connectivity index (χ4n) is 0.861. The normalized spacial score (nSPS) is 10.2. The van der Waals surface area contributed by atoms with Crippen molar-refractivity contribution >= 4 is 27.5 Å². The van der Waals surface area contributed by atoms with Crippen LogP contribution in [0.25, 0.3) is 10.2 Å². The number of nitrogen functional groups attached to an aromatic ring is 1. The second kappa shape index (κ2) is 3.04. The van der Waals surface area contributed by atoms with Crippen molar-refractivity contribution in [3.63, 3.8) is 0 Å². The average molecular weight is 195 g/mol. The van der Waals surface area contributed by atoms with Gasteiger partial charge in [0.1, 0.15) is 5.52 Å². The predicted molar refractivity (Wildman–Crippen MR) is 46.9 cm³/mol. The summed E-state index contributed by atoms with van der Waals surface area (Å²) in [5, 5.41) is 7.62. The van der Waals surface area contributed by atoms with E-state index in [-0.39, 0.29) is 0 Å². The summed E-state index contributed by atoms with van der Waals surface area (Å²) in [6, 6.07) is 0. The van der Waals surface area contributed by atoms with Crippen LogP contribution in [0, 0.1) is 0 Å². The van der Waals surface area contributed by atoms with E-state index in [2.05, 4.69) is 15.2 Å². The molecule has 0 saturated heterocycles. The van der Waals surface area contributed by atoms with E-state index in [4.69, 9.17) is 5.84 Å². The molecule has 0 atom stereocenters. The number of nitrogens with one attached hydrogen (secondary N) is 1. The molecule has 0 radical (unpaired) electrons. The molecule has 0 saturated carbocycles. The van der Waals surface area contributed by atoms with E-state index in [1.54, 1.807) is 6.20 Å². The number of fused-ring (bicyclic) bond motifs is 1. The van der Waals surface area contributed by atoms with Gasteiger partial charge in [-0.3, -0.25) is 10.2 Å². The summed E-state index contributed by atoms with van der Waals surface area (Å²) in [6.45, 7) is 0. The largest absolute Gasteiger partial charge is 0.294 e. The minimum absolute atomic E-state index is 0.312. The van der Waals surface area contributed by atoms with E-state index in [0.29, 0.717) is 10.5 Å². The van der Waals surface area contributed by atoms with E-state index in [9.17, 15) is 4.79 Å². The summed E-state index contributed by atoms with van der Waals surface area (Å²) >= 11 is 1.22. The molecule has 3 N–H and O–H groups in total. The summed E-state index contributed by atoms with van der Waals surface area (Å²) in [6.07, 6.45) is 3.05. The van der Waals surface area contributed by atoms with Gasteiger partial charge < -0.3 is 0 Å². The molecule has 2 aromatic heterocycles. The van der Waals surface area contributed by atoms with Crippen molar-refractivity contribution < 1.29 is 4.79 Å². The predicted octanol–water partition coefficient (Wildman–Crippen LogP) is -0.310. The molecule has 0 aliphatic rings. The summed E-state index contributed by atoms with van der Waals surface area (Å²) in [5.74, 6) is 4.56. The van der Waals surface area contributed by atoms with Crippen LogP contribution in [0.2, 0.25) is 0 Å². The Morgan fingerprint density at radius 3 is 2.92 bits per heavy atom. The van der Waals surface area contributed by atoms with Gasteiger partial charge in [0.2, 0.25) is 0 Å². The monoisotopic (exact) mass is 195 g/mol. The number of nitrogens with two attached hydrogens (primary N) is 1. The second-order valence-electron chi connectivity index (χ2n) is 2.23. The summed E-state index contributed by atoms with van der Waals surface area (Å²) in [5.41, 5.74) is 2.66. The van der Waals surface area contributed by atoms with Crippen LogP contribution in [0.5, 0.6) is 0 Å². The van der Waals surface area contributed by atoms with Crippen molar-refractivity contribution in [2.24, 2.45) is 5.84 Å². The average Bonchev–Trinajstić information content (AvgIpc) is 2.59. The number of hydrazine groups is 1. The number of carbonyl (C=O) groups is 1. The zero-order valence-corrected chi connectivity index (χ0v) is 7.21. The zero-order valence-electron chi connectivity index (χ0n) is 6.39. The minimum atomic E-state index is -0.402. The lowest BCUT2D eigenvalue weighted by Gasteiger charge is -1.89. The lowest BCUT2D eigenvalue weighted by Crippen LogP contribution is -2.29. The molecule has 0 unspecified atom stereocenters. The Bertz CT molecular complexity index is 420. The van der Waals surface area contributed by atoms with Crippen LogP contribution >= 0.6 is 11.3 Å². The van der Waals surface area contributed by atoms with Crippen LogP contribution < -0.4 is 11.3 Å². The second-order valence-corrected chi connectivity index (χ2v) is 3.26. The molecule has 0 aliphatic heterocycles. The van der Waals surface area contributed by atoms with E-state index in [0.717, 1.165) is 4.70 Å². The Hall–Kier alpha value is -1.60. The maximum absolute atomic E-state index is 11.1. The van der Waals surface area contributed by atoms with Gasteiger partial charge in [0.05, 0.1) is 17.1 Å². The molecule has 1 amide bonds. The number of hydrogen-bond donors (Lipinski definition) is 2. The van der Waals surface area contributed by atoms with Gasteiger partial charge in [-0.05, 0) is 0 Å². The summed E-state index contributed by atoms with van der Waals surface area (Å²) in [4.78, 5) is 15.1. The zero-order chi connectivity index (χ0) is 9.26. The van der Waals surface area contributed by atoms with Gasteiger partial charge in [-0.2, -0.15) is 10.2 Å². The Kier molecular flexibility index (Phi) is 1.87. The molecule has 6 nitrogen and oxygen atoms in total. The molecule has 0 aliphatic carbocycles. The first-order chi connectivity index (χ1) is 6.31. The molecule has 13 heavy (non-hydrogen) atoms. The van der Waals surface area contributed by atoms with Gasteiger partial charge in [-0.25, -0.2) is 10.8 Å². The molecule has 0 fully saturated rings. The molecule has 66 valence electrons. The highest BCUT2D eigenvalue weighted by molar-refractivity contribution is 7.20. The molecule has 2 rings (SSSR count). The molecule has 2 aromatic rings. The third-order valence-corrected chi connectivity index (χ3v) is 2.43. The fourth-order valence-corrected chi connectivity index (χ4v) is 1.67. The number of aromatic nitrogens is 3. The topological polar surface area (TPSA) is 93.8 Å². The third kappa shape index (κ3) is 1.34. The molecular weight excluding hydrogens is 190 g/mol. The lowest BCUT2D eigenvalue weighted by atomic mass is 10.5. The Morgan fingerprint density at radius 2 is 2.23 bits per heavy atom. The van der Waals surface area contributed by atoms with Gasteiger partial charge in [-0.15, -0.1) is 11.3 Å². The molecule has 2 heterocycles. The SMILES string of the molecule is NNC(=O)c1nc2cnncc2s1. The van der Waals surface area contributed by atoms with E-state index >= 15 is 0 Å². The van der Waals surface area contributed by atoms with Crippen molar-refractivity contribution in [1.29, 1.82) is 0 Å². The molecule has 0 spiro atoms. The Balaban J connectivity index is 2.56. The van der Waals surface area contributed by atoms with Crippen LogP contribution in [0.4, 0.5) is 0 Å². The summed E-state index contributed by atoms with van der Waals surface area (Å²) in [7, 11) is 0. The van der Waals surface area contributed by atoms with Crippen molar-refractivity contribution in [3.05, 3.63) is 17.4 Å². The van der Waals surface area contributed by atoms with Crippen LogP contribution in [-0.4, -0.2) is 21.1 Å². The third-order valence-electron chi connectivity index (χ3n) is 1.43. The molecule has 0 bridgehead atoms. The first kappa shape index (κ1) is 8.02. The van der Waals surface area contributed by atoms with Gasteiger partial charge >= 0.3 is 0 Å². The maximum atomic E-state index is 11.1. The highest BCUT2D eigenvalue weighted by atomic mass is 32.1. The van der Waals surface area contributed by atoms with E-state index in [1.807, 2.05) is 5.43 Å². The quantitative estimate of drug-likeness (QED) is 0.370. The maximum Gasteiger partial charge on any atom is 0.294 e. The number of hydrogen-bond acceptors (Lipinski definition) is 6. The number of nitrogens with zero attached hydrogens (tertiary/aromatic N) is 3. The lowest BCUT2D eigenvalue weighted by molar-refractivity contribution is 0.0953. The van der Waals surface area contributed by atoms with Crippen LogP contribution in [-0.2, 0) is 0 Å². The van der Waals surface area contributed by atoms with Crippen molar-refractivity contribution in [1.82, 2.24) is 20.6 Å². The Morgan fingerprint density at radius 1 is 1.46 bits per heavy atom. The highest BCUT2D eigenvalue weighted by Crippen LogP contribution is 2.19. The Labute approximate surface area is 76.8 Å². The molecule has 0 aromatic carbocycles. The molecule has 7 heteroatoms. The van der Waals surface area contributed by atoms with Crippen LogP contribution in [0.15, 0.2) is 12.4 Å². The van der Waals surface area contributed by atoms with Crippen molar-refractivity contribution in [2.45, 2.75) is 0 Å². The number of thiazole rings is 1. The van der Waals surface area contributed by atoms with Crippen LogP contribution in [0.3, 0.4) is 0 Å². The van der Waals surface area contributed by atoms with Crippen molar-refractivity contribution in [2.75, 3.05) is 0 Å². The molecular formula is C6H5N5OS. The summed E-state index contributed by atoms with van der Waals surface area (Å²) < 4.78 is 0.814. The van der Waals surface area contributed by atoms with E-state index in [1.165, 1.54) is 17.5 Å². The first-order valence-corrected chi connectivity index (χ1v) is 4.21. The van der Waals surface area contributed by atoms with E-state index < -0.39 is 5.91 Å². The number of amides is 1. The standard InChI is InChI=1S/C6H5N5OS/c7-11-5(12)6-10-3-1-8-9-2-4(3)13-6/h1-2H,7H2,(H,11,12). The van der Waals surface area contributed by atoms with Crippen molar-refractivity contribution in [3.8, 4) is 0 Å². The first-order valence-electron chi connectivity index (χ1n) is 3.39. The fraction of sp³-hybridized carbons (Fsp3) is 0. The van der Waals surface area contributed by atoms with Crippen LogP contribution in [0.1, 0.15) is 9.80 Å². The number of carbonyl (C=O) groups excluding carboxylic acids is 1. The van der Waals surface area contributed by atoms with Gasteiger partial charge in [0.25, 0.3) is 5.91 Å². The highest BCUT2D eigenvalue weighted by Gasteiger charge is 2.10. The minimum Gasteiger partial charge on any atom is -0.288 e. The van der Waals surface area contributed by atoms with Gasteiger partial charge in [-0.1, -0.05) is 0 Å². The van der Waals surface area contributed by atoms with Gasteiger partial charge in [0, 0.05) is 0 Å². The van der Waals surface area contributed by atoms with Gasteiger partial charge in [0.15, 0.2) is 5.01 Å². The number of rotatable bonds is 1.